The van der Waals surface area contributed by atoms with Crippen molar-refractivity contribution in [3.05, 3.63) is 102 Å². The van der Waals surface area contributed by atoms with E-state index in [1.54, 1.807) is 19.2 Å². The van der Waals surface area contributed by atoms with E-state index in [2.05, 4.69) is 52.3 Å². The molecule has 5 rings (SSSR count). The van der Waals surface area contributed by atoms with Gasteiger partial charge < -0.3 is 20.1 Å². The molecule has 1 heterocycles. The van der Waals surface area contributed by atoms with Gasteiger partial charge in [-0.2, -0.15) is 0 Å². The van der Waals surface area contributed by atoms with E-state index in [1.807, 2.05) is 18.2 Å². The first kappa shape index (κ1) is 27.0. The molecule has 1 aliphatic heterocycles. The lowest BCUT2D eigenvalue weighted by molar-refractivity contribution is 0.249. The third-order valence-electron chi connectivity index (χ3n) is 7.62. The second-order valence-electron chi connectivity index (χ2n) is 10.3. The van der Waals surface area contributed by atoms with Crippen LogP contribution in [0.15, 0.2) is 84.9 Å². The van der Waals surface area contributed by atoms with Crippen LogP contribution >= 0.6 is 0 Å². The zero-order valence-electron chi connectivity index (χ0n) is 22.7. The van der Waals surface area contributed by atoms with Crippen LogP contribution < -0.4 is 20.1 Å². The van der Waals surface area contributed by atoms with Gasteiger partial charge in [-0.25, -0.2) is 4.39 Å². The van der Waals surface area contributed by atoms with Gasteiger partial charge in [-0.3, -0.25) is 4.90 Å². The predicted molar refractivity (Wildman–Crippen MR) is 157 cm³/mol. The molecule has 1 fully saturated rings. The number of fused-ring (bicyclic) bond motifs is 1. The Kier molecular flexibility index (Phi) is 8.96. The minimum atomic E-state index is -0.241. The zero-order valence-corrected chi connectivity index (χ0v) is 22.7. The molecule has 39 heavy (non-hydrogen) atoms. The van der Waals surface area contributed by atoms with Gasteiger partial charge in [0.1, 0.15) is 23.9 Å². The molecule has 0 radical (unpaired) electrons. The van der Waals surface area contributed by atoms with Crippen LogP contribution in [0.4, 0.5) is 10.1 Å². The fourth-order valence-corrected chi connectivity index (χ4v) is 5.45. The normalized spacial score (nSPS) is 14.9. The number of hydrogen-bond donors (Lipinski definition) is 1. The van der Waals surface area contributed by atoms with E-state index in [0.29, 0.717) is 6.61 Å². The van der Waals surface area contributed by atoms with Crippen molar-refractivity contribution in [3.8, 4) is 11.5 Å². The Hall–Kier alpha value is -3.61. The summed E-state index contributed by atoms with van der Waals surface area (Å²) in [7, 11) is 1.73. The second kappa shape index (κ2) is 13.0. The Morgan fingerprint density at radius 2 is 1.59 bits per heavy atom. The Morgan fingerprint density at radius 3 is 2.38 bits per heavy atom. The fourth-order valence-electron chi connectivity index (χ4n) is 5.45. The summed E-state index contributed by atoms with van der Waals surface area (Å²) in [5.41, 5.74) is 9.95. The Balaban J connectivity index is 1.15. The molecule has 0 saturated carbocycles. The van der Waals surface area contributed by atoms with E-state index in [9.17, 15) is 4.39 Å². The van der Waals surface area contributed by atoms with E-state index in [-0.39, 0.29) is 11.9 Å². The summed E-state index contributed by atoms with van der Waals surface area (Å²) in [6.07, 6.45) is 2.77. The van der Waals surface area contributed by atoms with Crippen LogP contribution in [-0.4, -0.2) is 50.8 Å². The summed E-state index contributed by atoms with van der Waals surface area (Å²) in [6, 6.07) is 27.3. The molecule has 0 spiro atoms. The maximum atomic E-state index is 13.3. The molecule has 0 bridgehead atoms. The highest BCUT2D eigenvalue weighted by Crippen LogP contribution is 2.31. The number of nitrogens with zero attached hydrogens (tertiary/aromatic N) is 2. The summed E-state index contributed by atoms with van der Waals surface area (Å²) < 4.78 is 25.1. The topological polar surface area (TPSA) is 51.0 Å². The van der Waals surface area contributed by atoms with Crippen LogP contribution in [0.3, 0.4) is 0 Å². The molecular formula is C33H38FN3O2. The molecule has 1 aliphatic rings. The first-order valence-corrected chi connectivity index (χ1v) is 13.8. The molecule has 4 aromatic carbocycles. The average molecular weight is 528 g/mol. The number of benzene rings is 4. The standard InChI is InChI=1S/C33H38FN3O2/c1-38-33-11-5-4-10-31(33)37-21-19-36(20-22-37)18-6-8-28(35)23-30-29-9-3-2-7-26(29)14-17-32(30)39-24-25-12-15-27(34)16-13-25/h2-5,7,9-17,28H,6,8,18-24,35H2,1H3. The quantitative estimate of drug-likeness (QED) is 0.258. The minimum absolute atomic E-state index is 0.0406. The molecule has 2 N–H and O–H groups in total. The molecule has 5 nitrogen and oxygen atoms in total. The number of halogens is 1. The number of anilines is 1. The highest BCUT2D eigenvalue weighted by molar-refractivity contribution is 5.87. The lowest BCUT2D eigenvalue weighted by Gasteiger charge is -2.36. The van der Waals surface area contributed by atoms with Gasteiger partial charge in [-0.1, -0.05) is 54.6 Å². The highest BCUT2D eigenvalue weighted by atomic mass is 19.1. The number of nitrogens with two attached hydrogens (primary N) is 1. The first-order valence-electron chi connectivity index (χ1n) is 13.8. The van der Waals surface area contributed by atoms with Crippen molar-refractivity contribution >= 4 is 16.5 Å². The maximum absolute atomic E-state index is 13.3. The van der Waals surface area contributed by atoms with Gasteiger partial charge in [0.2, 0.25) is 0 Å². The lowest BCUT2D eigenvalue weighted by atomic mass is 9.96. The Bertz CT molecular complexity index is 1350. The van der Waals surface area contributed by atoms with Crippen LogP contribution in [0, 0.1) is 5.82 Å². The largest absolute Gasteiger partial charge is 0.495 e. The number of hydrogen-bond acceptors (Lipinski definition) is 5. The van der Waals surface area contributed by atoms with E-state index in [0.717, 1.165) is 74.6 Å². The van der Waals surface area contributed by atoms with Gasteiger partial charge in [0, 0.05) is 37.8 Å². The van der Waals surface area contributed by atoms with Crippen molar-refractivity contribution in [2.75, 3.05) is 44.7 Å². The predicted octanol–water partition coefficient (Wildman–Crippen LogP) is 6.04. The number of para-hydroxylation sites is 2. The zero-order chi connectivity index (χ0) is 27.0. The fraction of sp³-hybridized carbons (Fsp3) is 0.333. The Labute approximate surface area is 230 Å². The van der Waals surface area contributed by atoms with Gasteiger partial charge in [0.05, 0.1) is 12.8 Å². The lowest BCUT2D eigenvalue weighted by Crippen LogP contribution is -2.46. The molecule has 6 heteroatoms. The summed E-state index contributed by atoms with van der Waals surface area (Å²) in [4.78, 5) is 4.95. The molecule has 1 saturated heterocycles. The molecular weight excluding hydrogens is 489 g/mol. The average Bonchev–Trinajstić information content (AvgIpc) is 2.98. The third-order valence-corrected chi connectivity index (χ3v) is 7.62. The number of rotatable bonds is 11. The molecule has 1 atom stereocenters. The van der Waals surface area contributed by atoms with Gasteiger partial charge in [0.25, 0.3) is 0 Å². The van der Waals surface area contributed by atoms with Crippen molar-refractivity contribution in [3.63, 3.8) is 0 Å². The molecule has 4 aromatic rings. The number of piperazine rings is 1. The molecule has 0 aliphatic carbocycles. The van der Waals surface area contributed by atoms with Crippen LogP contribution in [0.25, 0.3) is 10.8 Å². The summed E-state index contributed by atoms with van der Waals surface area (Å²) in [6.45, 7) is 5.52. The van der Waals surface area contributed by atoms with Crippen molar-refractivity contribution < 1.29 is 13.9 Å². The van der Waals surface area contributed by atoms with Crippen LogP contribution in [-0.2, 0) is 13.0 Å². The summed E-state index contributed by atoms with van der Waals surface area (Å²) >= 11 is 0. The highest BCUT2D eigenvalue weighted by Gasteiger charge is 2.20. The first-order chi connectivity index (χ1) is 19.1. The number of methoxy groups -OCH3 is 1. The Morgan fingerprint density at radius 1 is 0.846 bits per heavy atom. The van der Waals surface area contributed by atoms with Crippen molar-refractivity contribution in [2.45, 2.75) is 31.9 Å². The summed E-state index contributed by atoms with van der Waals surface area (Å²) in [5, 5.41) is 2.36. The van der Waals surface area contributed by atoms with Gasteiger partial charge in [-0.05, 0) is 72.5 Å². The second-order valence-corrected chi connectivity index (χ2v) is 10.3. The van der Waals surface area contributed by atoms with Crippen LogP contribution in [0.2, 0.25) is 0 Å². The molecule has 0 aromatic heterocycles. The van der Waals surface area contributed by atoms with Crippen LogP contribution in [0.1, 0.15) is 24.0 Å². The van der Waals surface area contributed by atoms with E-state index >= 15 is 0 Å². The van der Waals surface area contributed by atoms with Crippen molar-refractivity contribution in [1.82, 2.24) is 4.90 Å². The SMILES string of the molecule is COc1ccccc1N1CCN(CCCC(N)Cc2c(OCc3ccc(F)cc3)ccc3ccccc23)CC1. The monoisotopic (exact) mass is 527 g/mol. The van der Waals surface area contributed by atoms with Crippen molar-refractivity contribution in [1.29, 1.82) is 0 Å². The molecule has 204 valence electrons. The number of ether oxygens (including phenoxy) is 2. The maximum Gasteiger partial charge on any atom is 0.142 e. The van der Waals surface area contributed by atoms with Crippen molar-refractivity contribution in [2.24, 2.45) is 5.73 Å². The third kappa shape index (κ3) is 6.88. The van der Waals surface area contributed by atoms with Gasteiger partial charge in [0.15, 0.2) is 0 Å². The molecule has 1 unspecified atom stereocenters. The van der Waals surface area contributed by atoms with E-state index in [1.165, 1.54) is 28.6 Å². The van der Waals surface area contributed by atoms with Gasteiger partial charge >= 0.3 is 0 Å². The minimum Gasteiger partial charge on any atom is -0.495 e. The van der Waals surface area contributed by atoms with Gasteiger partial charge in [-0.15, -0.1) is 0 Å². The molecule has 0 amide bonds. The van der Waals surface area contributed by atoms with Crippen LogP contribution in [0.5, 0.6) is 11.5 Å². The summed E-state index contributed by atoms with van der Waals surface area (Å²) in [5.74, 6) is 1.54. The smallest absolute Gasteiger partial charge is 0.142 e. The van der Waals surface area contributed by atoms with E-state index in [4.69, 9.17) is 15.2 Å². The van der Waals surface area contributed by atoms with E-state index < -0.39 is 0 Å².